The number of rotatable bonds is 2. The highest BCUT2D eigenvalue weighted by atomic mass is 16.4. The quantitative estimate of drug-likeness (QED) is 0.863. The van der Waals surface area contributed by atoms with Crippen LogP contribution in [0.2, 0.25) is 0 Å². The minimum Gasteiger partial charge on any atom is -0.507 e. The van der Waals surface area contributed by atoms with Crippen LogP contribution in [-0.2, 0) is 0 Å². The molecule has 0 saturated heterocycles. The van der Waals surface area contributed by atoms with E-state index in [9.17, 15) is 9.90 Å². The Morgan fingerprint density at radius 3 is 2.47 bits per heavy atom. The zero-order valence-corrected chi connectivity index (χ0v) is 9.81. The van der Waals surface area contributed by atoms with E-state index in [1.165, 1.54) is 6.07 Å². The van der Waals surface area contributed by atoms with Crippen LogP contribution < -0.4 is 5.63 Å². The molecule has 0 amide bonds. The van der Waals surface area contributed by atoms with Crippen molar-refractivity contribution in [3.8, 4) is 5.75 Å². The summed E-state index contributed by atoms with van der Waals surface area (Å²) in [7, 11) is 0. The molecule has 0 fully saturated rings. The third-order valence-corrected chi connectivity index (χ3v) is 2.82. The molecule has 0 aliphatic heterocycles. The van der Waals surface area contributed by atoms with Crippen LogP contribution in [-0.4, -0.2) is 5.11 Å². The summed E-state index contributed by atoms with van der Waals surface area (Å²) in [6, 6.07) is 11.0. The maximum atomic E-state index is 11.7. The lowest BCUT2D eigenvalue weighted by Gasteiger charge is -2.12. The largest absolute Gasteiger partial charge is 0.507 e. The van der Waals surface area contributed by atoms with E-state index in [0.29, 0.717) is 11.3 Å². The van der Waals surface area contributed by atoms with Gasteiger partial charge in [0.1, 0.15) is 11.5 Å². The van der Waals surface area contributed by atoms with Gasteiger partial charge in [-0.1, -0.05) is 37.3 Å². The van der Waals surface area contributed by atoms with E-state index in [2.05, 4.69) is 0 Å². The fraction of sp³-hybridized carbons (Fsp3) is 0.214. The number of aromatic hydroxyl groups is 1. The monoisotopic (exact) mass is 230 g/mol. The standard InChI is InChI=1S/C14H14O3/c1-9-8-12(15)13(14(16)17-9)10(2)11-6-4-3-5-7-11/h3-8,10,15H,1-2H3. The van der Waals surface area contributed by atoms with Gasteiger partial charge in [-0.2, -0.15) is 0 Å². The highest BCUT2D eigenvalue weighted by Gasteiger charge is 2.18. The molecule has 1 N–H and O–H groups in total. The zero-order chi connectivity index (χ0) is 12.4. The van der Waals surface area contributed by atoms with Crippen molar-refractivity contribution in [1.82, 2.24) is 0 Å². The van der Waals surface area contributed by atoms with Gasteiger partial charge in [-0.3, -0.25) is 0 Å². The average Bonchev–Trinajstić information content (AvgIpc) is 2.28. The number of benzene rings is 1. The van der Waals surface area contributed by atoms with E-state index in [0.717, 1.165) is 5.56 Å². The topological polar surface area (TPSA) is 50.4 Å². The first kappa shape index (κ1) is 11.5. The van der Waals surface area contributed by atoms with Gasteiger partial charge < -0.3 is 9.52 Å². The molecule has 1 heterocycles. The van der Waals surface area contributed by atoms with Crippen molar-refractivity contribution >= 4 is 0 Å². The van der Waals surface area contributed by atoms with Gasteiger partial charge in [0.05, 0.1) is 5.56 Å². The Bertz CT molecular complexity index is 570. The Morgan fingerprint density at radius 2 is 1.88 bits per heavy atom. The molecular formula is C14H14O3. The molecule has 0 bridgehead atoms. The molecule has 0 radical (unpaired) electrons. The fourth-order valence-corrected chi connectivity index (χ4v) is 1.91. The van der Waals surface area contributed by atoms with Gasteiger partial charge in [0.15, 0.2) is 0 Å². The zero-order valence-electron chi connectivity index (χ0n) is 9.81. The number of aryl methyl sites for hydroxylation is 1. The summed E-state index contributed by atoms with van der Waals surface area (Å²) in [5, 5.41) is 9.84. The molecule has 1 aromatic heterocycles. The molecule has 0 aliphatic carbocycles. The van der Waals surface area contributed by atoms with Gasteiger partial charge in [-0.15, -0.1) is 0 Å². The highest BCUT2D eigenvalue weighted by Crippen LogP contribution is 2.28. The Morgan fingerprint density at radius 1 is 1.24 bits per heavy atom. The second-order valence-corrected chi connectivity index (χ2v) is 4.08. The number of hydrogen-bond donors (Lipinski definition) is 1. The molecule has 0 aliphatic rings. The predicted octanol–water partition coefficient (Wildman–Crippen LogP) is 2.81. The van der Waals surface area contributed by atoms with Crippen LogP contribution in [0, 0.1) is 6.92 Å². The van der Waals surface area contributed by atoms with Crippen molar-refractivity contribution in [3.63, 3.8) is 0 Å². The molecular weight excluding hydrogens is 216 g/mol. The smallest absolute Gasteiger partial charge is 0.343 e. The van der Waals surface area contributed by atoms with Gasteiger partial charge in [-0.25, -0.2) is 4.79 Å². The van der Waals surface area contributed by atoms with E-state index in [1.54, 1.807) is 6.92 Å². The third-order valence-electron chi connectivity index (χ3n) is 2.82. The second kappa shape index (κ2) is 4.45. The average molecular weight is 230 g/mol. The molecule has 1 unspecified atom stereocenters. The summed E-state index contributed by atoms with van der Waals surface area (Å²) in [6.45, 7) is 3.51. The minimum atomic E-state index is -0.473. The van der Waals surface area contributed by atoms with Gasteiger partial charge >= 0.3 is 5.63 Å². The molecule has 1 aromatic carbocycles. The van der Waals surface area contributed by atoms with Crippen LogP contribution in [0.4, 0.5) is 0 Å². The van der Waals surface area contributed by atoms with Crippen molar-refractivity contribution in [2.24, 2.45) is 0 Å². The summed E-state index contributed by atoms with van der Waals surface area (Å²) in [4.78, 5) is 11.7. The van der Waals surface area contributed by atoms with E-state index >= 15 is 0 Å². The highest BCUT2D eigenvalue weighted by molar-refractivity contribution is 5.38. The molecule has 1 atom stereocenters. The van der Waals surface area contributed by atoms with Crippen molar-refractivity contribution < 1.29 is 9.52 Å². The molecule has 3 nitrogen and oxygen atoms in total. The summed E-state index contributed by atoms with van der Waals surface area (Å²) >= 11 is 0. The lowest BCUT2D eigenvalue weighted by atomic mass is 9.94. The number of hydrogen-bond acceptors (Lipinski definition) is 3. The second-order valence-electron chi connectivity index (χ2n) is 4.08. The predicted molar refractivity (Wildman–Crippen MR) is 65.3 cm³/mol. The van der Waals surface area contributed by atoms with E-state index in [4.69, 9.17) is 4.42 Å². The normalized spacial score (nSPS) is 12.4. The van der Waals surface area contributed by atoms with E-state index in [1.807, 2.05) is 37.3 Å². The maximum absolute atomic E-state index is 11.7. The van der Waals surface area contributed by atoms with E-state index < -0.39 is 5.63 Å². The fourth-order valence-electron chi connectivity index (χ4n) is 1.91. The van der Waals surface area contributed by atoms with Crippen molar-refractivity contribution in [2.45, 2.75) is 19.8 Å². The lowest BCUT2D eigenvalue weighted by molar-refractivity contribution is 0.419. The Labute approximate surface area is 99.3 Å². The Balaban J connectivity index is 2.52. The molecule has 17 heavy (non-hydrogen) atoms. The van der Waals surface area contributed by atoms with Crippen LogP contribution in [0.15, 0.2) is 45.6 Å². The maximum Gasteiger partial charge on any atom is 0.343 e. The first-order valence-electron chi connectivity index (χ1n) is 5.48. The third kappa shape index (κ3) is 2.23. The van der Waals surface area contributed by atoms with Gasteiger partial charge in [-0.05, 0) is 12.5 Å². The van der Waals surface area contributed by atoms with Crippen molar-refractivity contribution in [2.75, 3.05) is 0 Å². The van der Waals surface area contributed by atoms with Crippen molar-refractivity contribution in [1.29, 1.82) is 0 Å². The summed E-state index contributed by atoms with van der Waals surface area (Å²) < 4.78 is 5.02. The molecule has 2 aromatic rings. The Hall–Kier alpha value is -2.03. The molecule has 88 valence electrons. The van der Waals surface area contributed by atoms with Gasteiger partial charge in [0, 0.05) is 12.0 Å². The van der Waals surface area contributed by atoms with Gasteiger partial charge in [0.25, 0.3) is 0 Å². The molecule has 2 rings (SSSR count). The van der Waals surface area contributed by atoms with E-state index in [-0.39, 0.29) is 11.7 Å². The summed E-state index contributed by atoms with van der Waals surface area (Å²) in [5.74, 6) is 0.222. The van der Waals surface area contributed by atoms with Crippen molar-refractivity contribution in [3.05, 3.63) is 63.7 Å². The molecule has 0 saturated carbocycles. The Kier molecular flexibility index (Phi) is 3.00. The SMILES string of the molecule is Cc1cc(O)c(C(C)c2ccccc2)c(=O)o1. The van der Waals surface area contributed by atoms with Crippen LogP contribution in [0.3, 0.4) is 0 Å². The van der Waals surface area contributed by atoms with Crippen LogP contribution >= 0.6 is 0 Å². The van der Waals surface area contributed by atoms with Crippen LogP contribution in [0.1, 0.15) is 29.7 Å². The summed E-state index contributed by atoms with van der Waals surface area (Å²) in [5.41, 5.74) is 0.805. The van der Waals surface area contributed by atoms with Crippen LogP contribution in [0.25, 0.3) is 0 Å². The first-order chi connectivity index (χ1) is 8.09. The van der Waals surface area contributed by atoms with Crippen LogP contribution in [0.5, 0.6) is 5.75 Å². The summed E-state index contributed by atoms with van der Waals surface area (Å²) in [6.07, 6.45) is 0. The minimum absolute atomic E-state index is 0.00453. The molecule has 0 spiro atoms. The van der Waals surface area contributed by atoms with Gasteiger partial charge in [0.2, 0.25) is 0 Å². The molecule has 3 heteroatoms. The lowest BCUT2D eigenvalue weighted by Crippen LogP contribution is -2.12. The first-order valence-corrected chi connectivity index (χ1v) is 5.48.